The quantitative estimate of drug-likeness (QED) is 0.272. The third-order valence-electron chi connectivity index (χ3n) is 7.22. The van der Waals surface area contributed by atoms with Crippen LogP contribution in [-0.2, 0) is 55.0 Å². The van der Waals surface area contributed by atoms with E-state index in [4.69, 9.17) is 14.2 Å². The summed E-state index contributed by atoms with van der Waals surface area (Å²) in [6.45, 7) is 7.81. The second-order valence-electron chi connectivity index (χ2n) is 12.3. The predicted molar refractivity (Wildman–Crippen MR) is 169 cm³/mol. The molecule has 2 N–H and O–H groups in total. The molecule has 0 radical (unpaired) electrons. The van der Waals surface area contributed by atoms with Gasteiger partial charge in [0.1, 0.15) is 37.1 Å². The summed E-state index contributed by atoms with van der Waals surface area (Å²) in [6, 6.07) is 16.2. The molecule has 2 aromatic carbocycles. The minimum atomic E-state index is -1.05. The summed E-state index contributed by atoms with van der Waals surface area (Å²) in [5.74, 6) is -1.50. The molecule has 0 saturated carbocycles. The van der Waals surface area contributed by atoms with Gasteiger partial charge in [-0.05, 0) is 51.7 Å². The summed E-state index contributed by atoms with van der Waals surface area (Å²) in [5, 5.41) is 5.37. The number of hydrogen-bond donors (Lipinski definition) is 2. The van der Waals surface area contributed by atoms with E-state index < -0.39 is 47.6 Å². The van der Waals surface area contributed by atoms with Gasteiger partial charge < -0.3 is 34.3 Å². The lowest BCUT2D eigenvalue weighted by molar-refractivity contribution is -0.149. The molecule has 1 aliphatic heterocycles. The number of imidazole rings is 1. The maximum Gasteiger partial charge on any atom is 0.408 e. The Kier molecular flexibility index (Phi) is 11.9. The number of hydrogen-bond acceptors (Lipinski definition) is 8. The Labute approximate surface area is 269 Å². The van der Waals surface area contributed by atoms with E-state index >= 15 is 0 Å². The van der Waals surface area contributed by atoms with Crippen LogP contribution in [0.25, 0.3) is 0 Å². The number of aromatic nitrogens is 2. The van der Waals surface area contributed by atoms with Crippen LogP contribution >= 0.6 is 0 Å². The van der Waals surface area contributed by atoms with Crippen molar-refractivity contribution in [2.45, 2.75) is 90.6 Å². The molecule has 0 bridgehead atoms. The molecule has 1 aromatic heterocycles. The Morgan fingerprint density at radius 2 is 1.61 bits per heavy atom. The highest BCUT2D eigenvalue weighted by Crippen LogP contribution is 2.20. The fourth-order valence-corrected chi connectivity index (χ4v) is 5.01. The van der Waals surface area contributed by atoms with Crippen molar-refractivity contribution in [3.63, 3.8) is 0 Å². The van der Waals surface area contributed by atoms with Crippen molar-refractivity contribution in [3.8, 4) is 0 Å². The normalized spacial score (nSPS) is 15.9. The molecule has 1 saturated heterocycles. The largest absolute Gasteiger partial charge is 0.459 e. The van der Waals surface area contributed by atoms with E-state index in [1.807, 2.05) is 60.7 Å². The van der Waals surface area contributed by atoms with E-state index in [0.717, 1.165) is 11.1 Å². The SMILES string of the molecule is C[C@@H](NC(=O)[C@@H]1CCCN1C(=O)C(Cc1cn(COCc2ccccc2)cn1)NC(=O)OC(C)(C)C)C(=O)OCc1ccccc1. The lowest BCUT2D eigenvalue weighted by Crippen LogP contribution is -2.56. The molecular formula is C34H43N5O7. The highest BCUT2D eigenvalue weighted by Gasteiger charge is 2.39. The number of nitrogens with one attached hydrogen (secondary N) is 2. The second kappa shape index (κ2) is 16.0. The van der Waals surface area contributed by atoms with Crippen molar-refractivity contribution in [1.82, 2.24) is 25.1 Å². The lowest BCUT2D eigenvalue weighted by atomic mass is 10.1. The summed E-state index contributed by atoms with van der Waals surface area (Å²) in [6.07, 6.45) is 3.65. The number of likely N-dealkylation sites (tertiary alicyclic amines) is 1. The molecule has 1 aliphatic rings. The third kappa shape index (κ3) is 10.4. The van der Waals surface area contributed by atoms with Gasteiger partial charge in [-0.3, -0.25) is 9.59 Å². The van der Waals surface area contributed by atoms with Crippen LogP contribution < -0.4 is 10.6 Å². The monoisotopic (exact) mass is 633 g/mol. The zero-order valence-electron chi connectivity index (χ0n) is 26.8. The number of ether oxygens (including phenoxy) is 3. The van der Waals surface area contributed by atoms with Crippen LogP contribution in [0.5, 0.6) is 0 Å². The molecule has 12 nitrogen and oxygen atoms in total. The van der Waals surface area contributed by atoms with E-state index in [-0.39, 0.29) is 19.8 Å². The molecule has 3 aromatic rings. The van der Waals surface area contributed by atoms with E-state index in [9.17, 15) is 19.2 Å². The molecule has 46 heavy (non-hydrogen) atoms. The first kappa shape index (κ1) is 34.2. The minimum absolute atomic E-state index is 0.0663. The Hall–Kier alpha value is -4.71. The third-order valence-corrected chi connectivity index (χ3v) is 7.22. The van der Waals surface area contributed by atoms with E-state index in [2.05, 4.69) is 15.6 Å². The molecule has 12 heteroatoms. The summed E-state index contributed by atoms with van der Waals surface area (Å²) in [5.41, 5.74) is 1.64. The number of rotatable bonds is 13. The highest BCUT2D eigenvalue weighted by molar-refractivity contribution is 5.93. The van der Waals surface area contributed by atoms with Crippen molar-refractivity contribution >= 4 is 23.9 Å². The molecule has 3 amide bonds. The van der Waals surface area contributed by atoms with Crippen molar-refractivity contribution < 1.29 is 33.4 Å². The van der Waals surface area contributed by atoms with Gasteiger partial charge in [-0.1, -0.05) is 60.7 Å². The summed E-state index contributed by atoms with van der Waals surface area (Å²) in [4.78, 5) is 58.4. The van der Waals surface area contributed by atoms with Crippen molar-refractivity contribution in [1.29, 1.82) is 0 Å². The number of carbonyl (C=O) groups is 4. The minimum Gasteiger partial charge on any atom is -0.459 e. The van der Waals surface area contributed by atoms with Crippen LogP contribution in [0.4, 0.5) is 4.79 Å². The average Bonchev–Trinajstić information content (AvgIpc) is 3.69. The number of carbonyl (C=O) groups excluding carboxylic acids is 4. The van der Waals surface area contributed by atoms with Crippen LogP contribution in [0.1, 0.15) is 57.4 Å². The number of esters is 1. The topological polar surface area (TPSA) is 141 Å². The van der Waals surface area contributed by atoms with Crippen LogP contribution in [-0.4, -0.2) is 68.6 Å². The molecule has 1 unspecified atom stereocenters. The Bertz CT molecular complexity index is 1460. The molecule has 0 aliphatic carbocycles. The van der Waals surface area contributed by atoms with Gasteiger partial charge >= 0.3 is 12.1 Å². The maximum absolute atomic E-state index is 13.9. The molecule has 1 fully saturated rings. The van der Waals surface area contributed by atoms with Gasteiger partial charge in [0.15, 0.2) is 0 Å². The average molecular weight is 634 g/mol. The molecule has 0 spiro atoms. The number of benzene rings is 2. The van der Waals surface area contributed by atoms with Crippen LogP contribution in [0.2, 0.25) is 0 Å². The number of amides is 3. The molecule has 3 atom stereocenters. The second-order valence-corrected chi connectivity index (χ2v) is 12.3. The molecule has 4 rings (SSSR count). The lowest BCUT2D eigenvalue weighted by Gasteiger charge is -2.29. The van der Waals surface area contributed by atoms with Crippen molar-refractivity contribution in [3.05, 3.63) is 90.0 Å². The van der Waals surface area contributed by atoms with Gasteiger partial charge in [0.25, 0.3) is 0 Å². The smallest absolute Gasteiger partial charge is 0.408 e. The first-order valence-corrected chi connectivity index (χ1v) is 15.4. The first-order valence-electron chi connectivity index (χ1n) is 15.4. The van der Waals surface area contributed by atoms with Gasteiger partial charge in [-0.25, -0.2) is 14.6 Å². The molecule has 2 heterocycles. The van der Waals surface area contributed by atoms with Crippen LogP contribution in [0.3, 0.4) is 0 Å². The van der Waals surface area contributed by atoms with E-state index in [1.54, 1.807) is 44.8 Å². The Morgan fingerprint density at radius 3 is 2.26 bits per heavy atom. The molecule has 246 valence electrons. The fraction of sp³-hybridized carbons (Fsp3) is 0.441. The maximum atomic E-state index is 13.9. The number of nitrogens with zero attached hydrogens (tertiary/aromatic N) is 3. The van der Waals surface area contributed by atoms with Crippen molar-refractivity contribution in [2.24, 2.45) is 0 Å². The first-order chi connectivity index (χ1) is 22.0. The summed E-state index contributed by atoms with van der Waals surface area (Å²) < 4.78 is 18.3. The fourth-order valence-electron chi connectivity index (χ4n) is 5.01. The zero-order chi connectivity index (χ0) is 33.1. The predicted octanol–water partition coefficient (Wildman–Crippen LogP) is 3.73. The van der Waals surface area contributed by atoms with Gasteiger partial charge in [-0.2, -0.15) is 0 Å². The Balaban J connectivity index is 1.38. The zero-order valence-corrected chi connectivity index (χ0v) is 26.8. The summed E-state index contributed by atoms with van der Waals surface area (Å²) in [7, 11) is 0. The van der Waals surface area contributed by atoms with Gasteiger partial charge in [0.2, 0.25) is 11.8 Å². The van der Waals surface area contributed by atoms with Gasteiger partial charge in [-0.15, -0.1) is 0 Å². The highest BCUT2D eigenvalue weighted by atomic mass is 16.6. The van der Waals surface area contributed by atoms with Crippen molar-refractivity contribution in [2.75, 3.05) is 6.54 Å². The van der Waals surface area contributed by atoms with Gasteiger partial charge in [0, 0.05) is 19.2 Å². The number of alkyl carbamates (subject to hydrolysis) is 1. The van der Waals surface area contributed by atoms with Gasteiger partial charge in [0.05, 0.1) is 18.6 Å². The Morgan fingerprint density at radius 1 is 0.957 bits per heavy atom. The van der Waals surface area contributed by atoms with Crippen LogP contribution in [0, 0.1) is 0 Å². The molecular weight excluding hydrogens is 590 g/mol. The summed E-state index contributed by atoms with van der Waals surface area (Å²) >= 11 is 0. The standard InChI is InChI=1S/C34H43N5O7/c1-24(32(42)45-21-26-14-9-6-10-15-26)36-30(40)29-16-11-17-39(29)31(41)28(37-33(43)46-34(2,3)4)18-27-19-38(22-35-27)23-44-20-25-12-7-5-8-13-25/h5-10,12-15,19,22,24,28-29H,11,16-18,20-21,23H2,1-4H3,(H,36,40)(H,37,43)/t24-,28?,29+/m1/s1. The van der Waals surface area contributed by atoms with Crippen LogP contribution in [0.15, 0.2) is 73.2 Å². The van der Waals surface area contributed by atoms with E-state index in [0.29, 0.717) is 31.7 Å². The van der Waals surface area contributed by atoms with E-state index in [1.165, 1.54) is 4.90 Å².